The molecular weight excluding hydrogens is 246 g/mol. The Morgan fingerprint density at radius 2 is 2.21 bits per heavy atom. The lowest BCUT2D eigenvalue weighted by molar-refractivity contribution is -0.121. The van der Waals surface area contributed by atoms with E-state index in [9.17, 15) is 4.79 Å². The number of rotatable bonds is 5. The zero-order valence-electron chi connectivity index (χ0n) is 11.2. The number of aromatic nitrogens is 1. The number of hydrogen-bond acceptors (Lipinski definition) is 5. The highest BCUT2D eigenvalue weighted by Gasteiger charge is 2.24. The second-order valence-corrected chi connectivity index (χ2v) is 4.57. The lowest BCUT2D eigenvalue weighted by Gasteiger charge is -2.16. The second kappa shape index (κ2) is 5.99. The Hall–Kier alpha value is -1.66. The number of primary amides is 1. The van der Waals surface area contributed by atoms with Crippen molar-refractivity contribution in [2.45, 2.75) is 19.6 Å². The highest BCUT2D eigenvalue weighted by molar-refractivity contribution is 5.76. The molecule has 0 saturated carbocycles. The van der Waals surface area contributed by atoms with E-state index >= 15 is 0 Å². The summed E-state index contributed by atoms with van der Waals surface area (Å²) < 4.78 is 11.0. The third-order valence-corrected chi connectivity index (χ3v) is 3.13. The summed E-state index contributed by atoms with van der Waals surface area (Å²) in [6, 6.07) is 3.79. The van der Waals surface area contributed by atoms with Crippen LogP contribution in [-0.4, -0.2) is 31.2 Å². The van der Waals surface area contributed by atoms with Crippen molar-refractivity contribution in [2.75, 3.05) is 25.6 Å². The zero-order valence-corrected chi connectivity index (χ0v) is 11.2. The fourth-order valence-electron chi connectivity index (χ4n) is 1.97. The maximum atomic E-state index is 11.2. The van der Waals surface area contributed by atoms with Crippen LogP contribution in [0.15, 0.2) is 12.1 Å². The van der Waals surface area contributed by atoms with E-state index in [1.54, 1.807) is 14.0 Å². The third kappa shape index (κ3) is 3.21. The van der Waals surface area contributed by atoms with Gasteiger partial charge in [-0.05, 0) is 18.1 Å². The van der Waals surface area contributed by atoms with Crippen molar-refractivity contribution in [3.05, 3.63) is 23.4 Å². The number of hydrogen-bond donors (Lipinski definition) is 2. The van der Waals surface area contributed by atoms with Gasteiger partial charge in [-0.2, -0.15) is 0 Å². The zero-order chi connectivity index (χ0) is 13.8. The molecular formula is C13H19N3O3. The van der Waals surface area contributed by atoms with Gasteiger partial charge >= 0.3 is 0 Å². The summed E-state index contributed by atoms with van der Waals surface area (Å²) >= 11 is 0. The summed E-state index contributed by atoms with van der Waals surface area (Å²) in [5.74, 6) is 0.170. The number of pyridine rings is 1. The standard InChI is InChI=1S/C13H19N3O3/c1-8(12(14)17)7-9-3-4-10(15-2)16-11(9)13-18-5-6-19-13/h3-4,8,13H,5-7H2,1-2H3,(H2,14,17)(H,15,16). The number of amides is 1. The third-order valence-electron chi connectivity index (χ3n) is 3.13. The molecule has 1 amide bonds. The molecule has 0 spiro atoms. The number of anilines is 1. The predicted molar refractivity (Wildman–Crippen MR) is 70.5 cm³/mol. The average Bonchev–Trinajstić information content (AvgIpc) is 2.92. The molecule has 6 heteroatoms. The molecule has 1 atom stereocenters. The van der Waals surface area contributed by atoms with Crippen molar-refractivity contribution in [3.63, 3.8) is 0 Å². The molecule has 0 aromatic carbocycles. The molecule has 1 aliphatic heterocycles. The molecule has 1 unspecified atom stereocenters. The molecule has 1 aromatic rings. The van der Waals surface area contributed by atoms with Gasteiger partial charge in [-0.1, -0.05) is 13.0 Å². The molecule has 104 valence electrons. The van der Waals surface area contributed by atoms with Gasteiger partial charge in [0.25, 0.3) is 0 Å². The van der Waals surface area contributed by atoms with E-state index in [0.717, 1.165) is 17.1 Å². The summed E-state index contributed by atoms with van der Waals surface area (Å²) in [6.07, 6.45) is 0.0774. The van der Waals surface area contributed by atoms with Gasteiger partial charge in [0, 0.05) is 13.0 Å². The topological polar surface area (TPSA) is 86.5 Å². The van der Waals surface area contributed by atoms with Crippen LogP contribution < -0.4 is 11.1 Å². The summed E-state index contributed by atoms with van der Waals surface area (Å²) in [6.45, 7) is 2.91. The van der Waals surface area contributed by atoms with Crippen molar-refractivity contribution < 1.29 is 14.3 Å². The fraction of sp³-hybridized carbons (Fsp3) is 0.538. The molecule has 1 fully saturated rings. The Balaban J connectivity index is 2.27. The highest BCUT2D eigenvalue weighted by atomic mass is 16.7. The van der Waals surface area contributed by atoms with Gasteiger partial charge < -0.3 is 20.5 Å². The maximum Gasteiger partial charge on any atom is 0.220 e. The van der Waals surface area contributed by atoms with E-state index in [1.807, 2.05) is 12.1 Å². The molecule has 2 rings (SSSR count). The van der Waals surface area contributed by atoms with Crippen LogP contribution in [0.1, 0.15) is 24.5 Å². The minimum atomic E-state index is -0.455. The van der Waals surface area contributed by atoms with Crippen LogP contribution in [0.2, 0.25) is 0 Å². The van der Waals surface area contributed by atoms with Gasteiger partial charge in [0.05, 0.1) is 13.2 Å². The van der Waals surface area contributed by atoms with Crippen LogP contribution >= 0.6 is 0 Å². The van der Waals surface area contributed by atoms with Gasteiger partial charge in [-0.25, -0.2) is 4.98 Å². The SMILES string of the molecule is CNc1ccc(CC(C)C(N)=O)c(C2OCCO2)n1. The first-order valence-corrected chi connectivity index (χ1v) is 6.32. The lowest BCUT2D eigenvalue weighted by atomic mass is 9.99. The van der Waals surface area contributed by atoms with Crippen LogP contribution in [0.5, 0.6) is 0 Å². The highest BCUT2D eigenvalue weighted by Crippen LogP contribution is 2.27. The number of nitrogens with one attached hydrogen (secondary N) is 1. The van der Waals surface area contributed by atoms with Gasteiger partial charge in [-0.3, -0.25) is 4.79 Å². The van der Waals surface area contributed by atoms with Crippen LogP contribution in [0.25, 0.3) is 0 Å². The lowest BCUT2D eigenvalue weighted by Crippen LogP contribution is -2.23. The number of nitrogens with two attached hydrogens (primary N) is 1. The molecule has 0 radical (unpaired) electrons. The Kier molecular flexibility index (Phi) is 4.34. The number of carbonyl (C=O) groups is 1. The van der Waals surface area contributed by atoms with Crippen LogP contribution in [0.4, 0.5) is 5.82 Å². The van der Waals surface area contributed by atoms with Gasteiger partial charge in [-0.15, -0.1) is 0 Å². The Labute approximate surface area is 112 Å². The molecule has 19 heavy (non-hydrogen) atoms. The van der Waals surface area contributed by atoms with Gasteiger partial charge in [0.1, 0.15) is 11.5 Å². The molecule has 0 bridgehead atoms. The molecule has 1 aromatic heterocycles. The average molecular weight is 265 g/mol. The van der Waals surface area contributed by atoms with Crippen LogP contribution in [0, 0.1) is 5.92 Å². The van der Waals surface area contributed by atoms with Crippen LogP contribution in [0.3, 0.4) is 0 Å². The molecule has 1 saturated heterocycles. The predicted octanol–water partition coefficient (Wildman–Crippen LogP) is 0.833. The Morgan fingerprint density at radius 3 is 2.79 bits per heavy atom. The van der Waals surface area contributed by atoms with E-state index in [1.165, 1.54) is 0 Å². The molecule has 2 heterocycles. The quantitative estimate of drug-likeness (QED) is 0.823. The van der Waals surface area contributed by atoms with Crippen molar-refractivity contribution >= 4 is 11.7 Å². The summed E-state index contributed by atoms with van der Waals surface area (Å²) in [4.78, 5) is 15.7. The monoisotopic (exact) mass is 265 g/mol. The van der Waals surface area contributed by atoms with Crippen molar-refractivity contribution in [2.24, 2.45) is 11.7 Å². The minimum Gasteiger partial charge on any atom is -0.373 e. The Bertz CT molecular complexity index is 458. The van der Waals surface area contributed by atoms with E-state index in [2.05, 4.69) is 10.3 Å². The van der Waals surface area contributed by atoms with E-state index in [-0.39, 0.29) is 11.8 Å². The molecule has 6 nitrogen and oxygen atoms in total. The van der Waals surface area contributed by atoms with E-state index < -0.39 is 6.29 Å². The van der Waals surface area contributed by atoms with E-state index in [0.29, 0.717) is 19.6 Å². The second-order valence-electron chi connectivity index (χ2n) is 4.57. The Morgan fingerprint density at radius 1 is 1.53 bits per heavy atom. The number of ether oxygens (including phenoxy) is 2. The summed E-state index contributed by atoms with van der Waals surface area (Å²) in [5.41, 5.74) is 6.96. The summed E-state index contributed by atoms with van der Waals surface area (Å²) in [5, 5.41) is 2.98. The first-order valence-electron chi connectivity index (χ1n) is 6.32. The minimum absolute atomic E-state index is 0.248. The van der Waals surface area contributed by atoms with Crippen molar-refractivity contribution in [3.8, 4) is 0 Å². The number of carbonyl (C=O) groups excluding carboxylic acids is 1. The van der Waals surface area contributed by atoms with E-state index in [4.69, 9.17) is 15.2 Å². The fourth-order valence-corrected chi connectivity index (χ4v) is 1.97. The smallest absolute Gasteiger partial charge is 0.220 e. The molecule has 0 aliphatic carbocycles. The summed E-state index contributed by atoms with van der Waals surface area (Å²) in [7, 11) is 1.80. The largest absolute Gasteiger partial charge is 0.373 e. The van der Waals surface area contributed by atoms with Crippen molar-refractivity contribution in [1.82, 2.24) is 4.98 Å². The molecule has 3 N–H and O–H groups in total. The normalized spacial score (nSPS) is 17.4. The van der Waals surface area contributed by atoms with Crippen molar-refractivity contribution in [1.29, 1.82) is 0 Å². The maximum absolute atomic E-state index is 11.2. The molecule has 1 aliphatic rings. The van der Waals surface area contributed by atoms with Gasteiger partial charge in [0.2, 0.25) is 12.2 Å². The number of nitrogens with zero attached hydrogens (tertiary/aromatic N) is 1. The first-order chi connectivity index (χ1) is 9.11. The first kappa shape index (κ1) is 13.8. The van der Waals surface area contributed by atoms with Gasteiger partial charge in [0.15, 0.2) is 0 Å². The van der Waals surface area contributed by atoms with Crippen LogP contribution in [-0.2, 0) is 20.7 Å².